The van der Waals surface area contributed by atoms with Crippen molar-refractivity contribution in [3.63, 3.8) is 0 Å². The standard InChI is InChI=1S/C26H27N3O2S/c1-15-5-7-20(8-6-15)22-13-23(22)26(31)29-28-17(3)19-9-11-21(12-10-19)27-25(30)24-14-32-18(4)16(24)2/h5-12,14,22-23H,13H2,1-4H3,(H,27,30)(H,29,31). The van der Waals surface area contributed by atoms with Crippen LogP contribution in [0.2, 0.25) is 0 Å². The Balaban J connectivity index is 1.33. The summed E-state index contributed by atoms with van der Waals surface area (Å²) < 4.78 is 0. The number of hydrogen-bond acceptors (Lipinski definition) is 4. The fraction of sp³-hybridized carbons (Fsp3) is 0.269. The normalized spacial score (nSPS) is 17.7. The first-order valence-corrected chi connectivity index (χ1v) is 11.6. The number of nitrogens with zero attached hydrogens (tertiary/aromatic N) is 1. The Morgan fingerprint density at radius 3 is 2.31 bits per heavy atom. The van der Waals surface area contributed by atoms with Crippen LogP contribution in [0.4, 0.5) is 5.69 Å². The molecule has 1 aliphatic rings. The minimum absolute atomic E-state index is 0.0176. The number of rotatable bonds is 6. The van der Waals surface area contributed by atoms with E-state index >= 15 is 0 Å². The average Bonchev–Trinajstić information content (AvgIpc) is 3.52. The maximum absolute atomic E-state index is 12.5. The van der Waals surface area contributed by atoms with E-state index in [0.717, 1.165) is 28.1 Å². The van der Waals surface area contributed by atoms with E-state index in [-0.39, 0.29) is 23.7 Å². The third kappa shape index (κ3) is 4.81. The van der Waals surface area contributed by atoms with E-state index in [1.807, 2.05) is 50.4 Å². The maximum atomic E-state index is 12.5. The van der Waals surface area contributed by atoms with Crippen LogP contribution in [0, 0.1) is 26.7 Å². The van der Waals surface area contributed by atoms with Gasteiger partial charge in [-0.25, -0.2) is 5.43 Å². The molecule has 2 unspecified atom stereocenters. The Labute approximate surface area is 192 Å². The second-order valence-electron chi connectivity index (χ2n) is 8.39. The summed E-state index contributed by atoms with van der Waals surface area (Å²) in [4.78, 5) is 26.1. The lowest BCUT2D eigenvalue weighted by Crippen LogP contribution is -2.21. The van der Waals surface area contributed by atoms with Crippen LogP contribution in [0.1, 0.15) is 56.8 Å². The molecule has 1 aliphatic carbocycles. The first-order valence-electron chi connectivity index (χ1n) is 10.7. The van der Waals surface area contributed by atoms with Gasteiger partial charge >= 0.3 is 0 Å². The largest absolute Gasteiger partial charge is 0.322 e. The molecular weight excluding hydrogens is 418 g/mol. The van der Waals surface area contributed by atoms with Gasteiger partial charge in [-0.15, -0.1) is 11.3 Å². The highest BCUT2D eigenvalue weighted by Gasteiger charge is 2.43. The molecule has 164 valence electrons. The number of carbonyl (C=O) groups is 2. The van der Waals surface area contributed by atoms with E-state index in [4.69, 9.17) is 0 Å². The van der Waals surface area contributed by atoms with Gasteiger partial charge in [0.25, 0.3) is 5.91 Å². The van der Waals surface area contributed by atoms with Crippen molar-refractivity contribution in [1.82, 2.24) is 5.43 Å². The van der Waals surface area contributed by atoms with Crippen LogP contribution >= 0.6 is 11.3 Å². The number of benzene rings is 2. The van der Waals surface area contributed by atoms with Crippen molar-refractivity contribution in [1.29, 1.82) is 0 Å². The van der Waals surface area contributed by atoms with Gasteiger partial charge in [-0.05, 0) is 68.9 Å². The molecule has 2 amide bonds. The zero-order valence-electron chi connectivity index (χ0n) is 18.7. The van der Waals surface area contributed by atoms with Gasteiger partial charge in [0.1, 0.15) is 0 Å². The van der Waals surface area contributed by atoms with Gasteiger partial charge in [0, 0.05) is 21.9 Å². The second-order valence-corrected chi connectivity index (χ2v) is 9.48. The van der Waals surface area contributed by atoms with Gasteiger partial charge in [-0.1, -0.05) is 42.0 Å². The Morgan fingerprint density at radius 2 is 1.69 bits per heavy atom. The third-order valence-corrected chi connectivity index (χ3v) is 7.07. The molecule has 1 aromatic heterocycles. The van der Waals surface area contributed by atoms with Crippen molar-refractivity contribution in [3.8, 4) is 0 Å². The number of amides is 2. The Morgan fingerprint density at radius 1 is 1.00 bits per heavy atom. The SMILES string of the molecule is CC(=NNC(=O)C1CC1c1ccc(C)cc1)c1ccc(NC(=O)c2csc(C)c2C)cc1. The van der Waals surface area contributed by atoms with E-state index in [1.54, 1.807) is 11.3 Å². The van der Waals surface area contributed by atoms with Gasteiger partial charge in [-0.2, -0.15) is 5.10 Å². The molecule has 0 aliphatic heterocycles. The topological polar surface area (TPSA) is 70.6 Å². The predicted molar refractivity (Wildman–Crippen MR) is 131 cm³/mol. The molecular formula is C26H27N3O2S. The van der Waals surface area contributed by atoms with Crippen LogP contribution in [-0.4, -0.2) is 17.5 Å². The fourth-order valence-corrected chi connectivity index (χ4v) is 4.55. The number of hydrazone groups is 1. The van der Waals surface area contributed by atoms with Crippen molar-refractivity contribution >= 4 is 34.6 Å². The molecule has 2 aromatic carbocycles. The highest BCUT2D eigenvalue weighted by molar-refractivity contribution is 7.10. The van der Waals surface area contributed by atoms with Crippen LogP contribution in [0.5, 0.6) is 0 Å². The number of hydrogen-bond donors (Lipinski definition) is 2. The van der Waals surface area contributed by atoms with Crippen LogP contribution in [0.25, 0.3) is 0 Å². The van der Waals surface area contributed by atoms with Gasteiger partial charge in [-0.3, -0.25) is 9.59 Å². The van der Waals surface area contributed by atoms with E-state index in [1.165, 1.54) is 11.1 Å². The maximum Gasteiger partial charge on any atom is 0.256 e. The molecule has 3 aromatic rings. The molecule has 0 saturated heterocycles. The van der Waals surface area contributed by atoms with Crippen LogP contribution in [0.15, 0.2) is 59.0 Å². The summed E-state index contributed by atoms with van der Waals surface area (Å²) in [6.07, 6.45) is 0.862. The number of thiophene rings is 1. The van der Waals surface area contributed by atoms with E-state index in [2.05, 4.69) is 47.0 Å². The summed E-state index contributed by atoms with van der Waals surface area (Å²) in [5.41, 5.74) is 9.19. The summed E-state index contributed by atoms with van der Waals surface area (Å²) in [6.45, 7) is 7.89. The molecule has 0 radical (unpaired) electrons. The van der Waals surface area contributed by atoms with E-state index in [0.29, 0.717) is 11.3 Å². The third-order valence-electron chi connectivity index (χ3n) is 6.06. The predicted octanol–water partition coefficient (Wildman–Crippen LogP) is 5.57. The lowest BCUT2D eigenvalue weighted by Gasteiger charge is -2.07. The van der Waals surface area contributed by atoms with Crippen molar-refractivity contribution in [3.05, 3.63) is 86.6 Å². The van der Waals surface area contributed by atoms with Crippen molar-refractivity contribution in [2.45, 2.75) is 40.0 Å². The minimum Gasteiger partial charge on any atom is -0.322 e. The number of carbonyl (C=O) groups excluding carboxylic acids is 2. The molecule has 1 saturated carbocycles. The fourth-order valence-electron chi connectivity index (χ4n) is 3.68. The highest BCUT2D eigenvalue weighted by atomic mass is 32.1. The summed E-state index contributed by atoms with van der Waals surface area (Å²) in [7, 11) is 0. The molecule has 2 atom stereocenters. The van der Waals surface area contributed by atoms with E-state index < -0.39 is 0 Å². The van der Waals surface area contributed by atoms with Crippen molar-refractivity contribution < 1.29 is 9.59 Å². The zero-order valence-corrected chi connectivity index (χ0v) is 19.5. The van der Waals surface area contributed by atoms with Gasteiger partial charge in [0.2, 0.25) is 5.91 Å². The lowest BCUT2D eigenvalue weighted by atomic mass is 10.1. The molecule has 1 fully saturated rings. The summed E-state index contributed by atoms with van der Waals surface area (Å²) >= 11 is 1.58. The minimum atomic E-state index is -0.107. The highest BCUT2D eigenvalue weighted by Crippen LogP contribution is 2.47. The van der Waals surface area contributed by atoms with Crippen molar-refractivity contribution in [2.24, 2.45) is 11.0 Å². The van der Waals surface area contributed by atoms with E-state index in [9.17, 15) is 9.59 Å². The molecule has 2 N–H and O–H groups in total. The summed E-state index contributed by atoms with van der Waals surface area (Å²) in [5, 5.41) is 9.10. The summed E-state index contributed by atoms with van der Waals surface area (Å²) in [5.74, 6) is 0.116. The molecule has 1 heterocycles. The van der Waals surface area contributed by atoms with Gasteiger partial charge in [0.05, 0.1) is 11.3 Å². The molecule has 0 bridgehead atoms. The van der Waals surface area contributed by atoms with Crippen molar-refractivity contribution in [2.75, 3.05) is 5.32 Å². The second kappa shape index (κ2) is 9.09. The Bertz CT molecular complexity index is 1180. The van der Waals surface area contributed by atoms with Crippen LogP contribution in [0.3, 0.4) is 0 Å². The molecule has 4 rings (SSSR count). The Kier molecular flexibility index (Phi) is 6.24. The molecule has 5 nitrogen and oxygen atoms in total. The quantitative estimate of drug-likeness (QED) is 0.385. The lowest BCUT2D eigenvalue weighted by molar-refractivity contribution is -0.122. The number of anilines is 1. The average molecular weight is 446 g/mol. The Hall–Kier alpha value is -3.25. The monoisotopic (exact) mass is 445 g/mol. The van der Waals surface area contributed by atoms with Gasteiger partial charge in [0.15, 0.2) is 0 Å². The molecule has 0 spiro atoms. The molecule has 32 heavy (non-hydrogen) atoms. The summed E-state index contributed by atoms with van der Waals surface area (Å²) in [6, 6.07) is 15.8. The van der Waals surface area contributed by atoms with Gasteiger partial charge < -0.3 is 5.32 Å². The smallest absolute Gasteiger partial charge is 0.256 e. The first kappa shape index (κ1) is 22.0. The van der Waals surface area contributed by atoms with Crippen LogP contribution < -0.4 is 10.7 Å². The number of nitrogens with one attached hydrogen (secondary N) is 2. The first-order chi connectivity index (χ1) is 15.3. The van der Waals surface area contributed by atoms with Crippen LogP contribution in [-0.2, 0) is 4.79 Å². The zero-order chi connectivity index (χ0) is 22.8. The molecule has 6 heteroatoms. The number of aryl methyl sites for hydroxylation is 2.